The molecule has 6 heterocycles. The SMILES string of the molecule is CC(C)C(=O)Nc1cncc(-c2cc3c(cn2)CNN=C3c2nc3nccc(-c4ccoc4)c3[nH]2)c1. The van der Waals surface area contributed by atoms with Gasteiger partial charge in [0.25, 0.3) is 0 Å². The molecule has 10 heteroatoms. The van der Waals surface area contributed by atoms with Crippen LogP contribution in [0.2, 0.25) is 0 Å². The number of hydrogen-bond donors (Lipinski definition) is 3. The summed E-state index contributed by atoms with van der Waals surface area (Å²) in [4.78, 5) is 33.6. The fourth-order valence-electron chi connectivity index (χ4n) is 4.06. The van der Waals surface area contributed by atoms with Crippen molar-refractivity contribution >= 4 is 28.5 Å². The number of nitrogens with zero attached hydrogens (tertiary/aromatic N) is 5. The van der Waals surface area contributed by atoms with Crippen LogP contribution >= 0.6 is 0 Å². The molecule has 0 spiro atoms. The number of hydrazone groups is 1. The first-order valence-corrected chi connectivity index (χ1v) is 11.5. The molecule has 1 aliphatic heterocycles. The summed E-state index contributed by atoms with van der Waals surface area (Å²) in [5.74, 6) is 0.394. The first kappa shape index (κ1) is 21.7. The summed E-state index contributed by atoms with van der Waals surface area (Å²) < 4.78 is 5.26. The van der Waals surface area contributed by atoms with E-state index in [-0.39, 0.29) is 11.8 Å². The predicted octanol–water partition coefficient (Wildman–Crippen LogP) is 4.13. The van der Waals surface area contributed by atoms with Crippen LogP contribution in [0, 0.1) is 5.92 Å². The molecule has 0 radical (unpaired) electrons. The zero-order valence-corrected chi connectivity index (χ0v) is 19.6. The number of aromatic nitrogens is 5. The average molecular weight is 479 g/mol. The number of rotatable bonds is 5. The summed E-state index contributed by atoms with van der Waals surface area (Å²) in [6.07, 6.45) is 10.2. The van der Waals surface area contributed by atoms with E-state index >= 15 is 0 Å². The summed E-state index contributed by atoms with van der Waals surface area (Å²) >= 11 is 0. The number of carbonyl (C=O) groups is 1. The molecule has 3 N–H and O–H groups in total. The maximum Gasteiger partial charge on any atom is 0.226 e. The number of anilines is 1. The molecule has 10 nitrogen and oxygen atoms in total. The number of aromatic amines is 1. The molecule has 6 rings (SSSR count). The number of nitrogens with one attached hydrogen (secondary N) is 3. The van der Waals surface area contributed by atoms with Crippen LogP contribution in [0.3, 0.4) is 0 Å². The highest BCUT2D eigenvalue weighted by Gasteiger charge is 2.22. The van der Waals surface area contributed by atoms with E-state index in [1.165, 1.54) is 0 Å². The highest BCUT2D eigenvalue weighted by atomic mass is 16.3. The Kier molecular flexibility index (Phi) is 5.25. The first-order valence-electron chi connectivity index (χ1n) is 11.5. The van der Waals surface area contributed by atoms with Gasteiger partial charge in [0.2, 0.25) is 5.91 Å². The molecule has 0 saturated carbocycles. The summed E-state index contributed by atoms with van der Waals surface area (Å²) in [6, 6.07) is 7.65. The highest BCUT2D eigenvalue weighted by molar-refractivity contribution is 6.13. The zero-order chi connectivity index (χ0) is 24.6. The van der Waals surface area contributed by atoms with Crippen LogP contribution in [-0.4, -0.2) is 36.5 Å². The minimum absolute atomic E-state index is 0.0684. The van der Waals surface area contributed by atoms with Crippen LogP contribution in [0.5, 0.6) is 0 Å². The van der Waals surface area contributed by atoms with Crippen molar-refractivity contribution in [2.75, 3.05) is 5.32 Å². The number of amides is 1. The molecular formula is C26H22N8O2. The van der Waals surface area contributed by atoms with Crippen LogP contribution in [-0.2, 0) is 11.3 Å². The van der Waals surface area contributed by atoms with E-state index in [9.17, 15) is 4.79 Å². The number of carbonyl (C=O) groups excluding carboxylic acids is 1. The van der Waals surface area contributed by atoms with Crippen molar-refractivity contribution in [2.24, 2.45) is 11.0 Å². The van der Waals surface area contributed by atoms with Gasteiger partial charge in [-0.25, -0.2) is 9.97 Å². The maximum absolute atomic E-state index is 12.1. The largest absolute Gasteiger partial charge is 0.472 e. The lowest BCUT2D eigenvalue weighted by Crippen LogP contribution is -2.22. The number of H-pyrrole nitrogens is 1. The summed E-state index contributed by atoms with van der Waals surface area (Å²) in [5, 5.41) is 7.45. The van der Waals surface area contributed by atoms with E-state index in [0.29, 0.717) is 35.1 Å². The number of fused-ring (bicyclic) bond motifs is 2. The molecule has 0 fully saturated rings. The number of furan rings is 1. The van der Waals surface area contributed by atoms with Crippen molar-refractivity contribution in [1.82, 2.24) is 30.3 Å². The molecule has 5 aromatic rings. The smallest absolute Gasteiger partial charge is 0.226 e. The highest BCUT2D eigenvalue weighted by Crippen LogP contribution is 2.29. The van der Waals surface area contributed by atoms with Gasteiger partial charge in [-0.05, 0) is 24.3 Å². The zero-order valence-electron chi connectivity index (χ0n) is 19.6. The van der Waals surface area contributed by atoms with Crippen LogP contribution in [0.15, 0.2) is 71.1 Å². The van der Waals surface area contributed by atoms with Crippen molar-refractivity contribution in [3.05, 3.63) is 78.5 Å². The molecule has 0 bridgehead atoms. The molecule has 178 valence electrons. The third kappa shape index (κ3) is 3.88. The van der Waals surface area contributed by atoms with Crippen LogP contribution in [0.25, 0.3) is 33.5 Å². The minimum atomic E-state index is -0.130. The first-order chi connectivity index (χ1) is 17.6. The number of hydrogen-bond acceptors (Lipinski definition) is 8. The Hall–Kier alpha value is -4.86. The van der Waals surface area contributed by atoms with Gasteiger partial charge < -0.3 is 20.1 Å². The van der Waals surface area contributed by atoms with E-state index in [1.54, 1.807) is 31.1 Å². The molecule has 1 amide bonds. The van der Waals surface area contributed by atoms with Gasteiger partial charge in [-0.2, -0.15) is 5.10 Å². The van der Waals surface area contributed by atoms with Crippen LogP contribution < -0.4 is 10.7 Å². The number of pyridine rings is 3. The lowest BCUT2D eigenvalue weighted by Gasteiger charge is -2.17. The predicted molar refractivity (Wildman–Crippen MR) is 135 cm³/mol. The Balaban J connectivity index is 1.39. The van der Waals surface area contributed by atoms with Crippen LogP contribution in [0.4, 0.5) is 5.69 Å². The van der Waals surface area contributed by atoms with Crippen molar-refractivity contribution in [1.29, 1.82) is 0 Å². The van der Waals surface area contributed by atoms with Gasteiger partial charge >= 0.3 is 0 Å². The normalized spacial score (nSPS) is 12.8. The van der Waals surface area contributed by atoms with Crippen molar-refractivity contribution in [2.45, 2.75) is 20.4 Å². The third-order valence-corrected chi connectivity index (χ3v) is 5.98. The summed E-state index contributed by atoms with van der Waals surface area (Å²) in [5.41, 5.74) is 11.0. The lowest BCUT2D eigenvalue weighted by molar-refractivity contribution is -0.118. The van der Waals surface area contributed by atoms with E-state index in [2.05, 4.69) is 35.8 Å². The molecule has 0 aliphatic carbocycles. The third-order valence-electron chi connectivity index (χ3n) is 5.98. The average Bonchev–Trinajstić information content (AvgIpc) is 3.58. The van der Waals surface area contributed by atoms with Crippen molar-refractivity contribution in [3.8, 4) is 22.4 Å². The van der Waals surface area contributed by atoms with E-state index in [1.807, 2.05) is 44.3 Å². The van der Waals surface area contributed by atoms with Crippen molar-refractivity contribution in [3.63, 3.8) is 0 Å². The molecule has 1 aliphatic rings. The van der Waals surface area contributed by atoms with Gasteiger partial charge in [-0.3, -0.25) is 14.8 Å². The molecule has 0 unspecified atom stereocenters. The van der Waals surface area contributed by atoms with Crippen molar-refractivity contribution < 1.29 is 9.21 Å². The Bertz CT molecular complexity index is 1620. The van der Waals surface area contributed by atoms with E-state index in [0.717, 1.165) is 33.3 Å². The Morgan fingerprint density at radius 3 is 2.83 bits per heavy atom. The molecule has 0 atom stereocenters. The fraction of sp³-hybridized carbons (Fsp3) is 0.154. The quantitative estimate of drug-likeness (QED) is 0.346. The Labute approximate surface area is 205 Å². The molecule has 36 heavy (non-hydrogen) atoms. The Morgan fingerprint density at radius 1 is 1.08 bits per heavy atom. The summed E-state index contributed by atoms with van der Waals surface area (Å²) in [7, 11) is 0. The van der Waals surface area contributed by atoms with Gasteiger partial charge in [0, 0.05) is 52.3 Å². The van der Waals surface area contributed by atoms with Gasteiger partial charge in [0.1, 0.15) is 5.71 Å². The second kappa shape index (κ2) is 8.73. The second-order valence-corrected chi connectivity index (χ2v) is 8.78. The van der Waals surface area contributed by atoms with Gasteiger partial charge in [-0.1, -0.05) is 13.8 Å². The minimum Gasteiger partial charge on any atom is -0.472 e. The van der Waals surface area contributed by atoms with Gasteiger partial charge in [0.15, 0.2) is 11.5 Å². The maximum atomic E-state index is 12.1. The number of imidazole rings is 1. The van der Waals surface area contributed by atoms with Gasteiger partial charge in [0.05, 0.1) is 42.2 Å². The molecule has 0 aromatic carbocycles. The summed E-state index contributed by atoms with van der Waals surface area (Å²) in [6.45, 7) is 4.24. The lowest BCUT2D eigenvalue weighted by atomic mass is 10.0. The monoisotopic (exact) mass is 478 g/mol. The van der Waals surface area contributed by atoms with E-state index < -0.39 is 0 Å². The van der Waals surface area contributed by atoms with Gasteiger partial charge in [-0.15, -0.1) is 0 Å². The molecule has 0 saturated heterocycles. The Morgan fingerprint density at radius 2 is 2.00 bits per heavy atom. The van der Waals surface area contributed by atoms with Crippen LogP contribution in [0.1, 0.15) is 30.8 Å². The standard InChI is InChI=1S/C26H22N8O2/c1-14(2)26(35)31-18-7-16(9-27-12-18)21-8-20-17(10-29-21)11-30-34-23(20)25-32-22-19(15-4-6-36-13-15)3-5-28-24(22)33-25/h3-10,12-14,30H,11H2,1-2H3,(H,31,35)(H,28,32,33). The second-order valence-electron chi connectivity index (χ2n) is 8.78. The molecular weight excluding hydrogens is 456 g/mol. The fourth-order valence-corrected chi connectivity index (χ4v) is 4.06. The topological polar surface area (TPSA) is 134 Å². The molecule has 5 aromatic heterocycles. The van der Waals surface area contributed by atoms with E-state index in [4.69, 9.17) is 9.40 Å².